The molecule has 0 atom stereocenters. The second kappa shape index (κ2) is 11.7. The zero-order valence-electron chi connectivity index (χ0n) is 15.2. The summed E-state index contributed by atoms with van der Waals surface area (Å²) >= 11 is 0. The third-order valence-corrected chi connectivity index (χ3v) is 3.78. The molecule has 0 aliphatic rings. The highest BCUT2D eigenvalue weighted by Crippen LogP contribution is 2.11. The van der Waals surface area contributed by atoms with Crippen molar-refractivity contribution in [2.45, 2.75) is 19.3 Å². The van der Waals surface area contributed by atoms with E-state index in [0.717, 1.165) is 44.1 Å². The van der Waals surface area contributed by atoms with Crippen LogP contribution in [0.1, 0.15) is 17.5 Å². The lowest BCUT2D eigenvalue weighted by atomic mass is 10.1. The maximum atomic E-state index is 5.17. The lowest BCUT2D eigenvalue weighted by Crippen LogP contribution is -2.38. The van der Waals surface area contributed by atoms with Crippen LogP contribution in [0.25, 0.3) is 0 Å². The molecule has 0 aliphatic carbocycles. The third-order valence-electron chi connectivity index (χ3n) is 3.78. The fourth-order valence-electron chi connectivity index (χ4n) is 2.44. The van der Waals surface area contributed by atoms with Crippen molar-refractivity contribution in [1.29, 1.82) is 0 Å². The predicted molar refractivity (Wildman–Crippen MR) is 113 cm³/mol. The minimum absolute atomic E-state index is 0. The Labute approximate surface area is 167 Å². The summed E-state index contributed by atoms with van der Waals surface area (Å²) in [4.78, 5) is 4.25. The average Bonchev–Trinajstić information content (AvgIpc) is 3.03. The topological polar surface area (TPSA) is 63.5 Å². The highest BCUT2D eigenvalue weighted by atomic mass is 127. The Kier molecular flexibility index (Phi) is 9.98. The van der Waals surface area contributed by atoms with Gasteiger partial charge in [0.25, 0.3) is 0 Å². The van der Waals surface area contributed by atoms with Crippen molar-refractivity contribution >= 4 is 29.9 Å². The Balaban J connectivity index is 0.00000312. The van der Waals surface area contributed by atoms with Gasteiger partial charge in [-0.05, 0) is 42.5 Å². The standard InChI is InChI=1S/C18H27N5O.HI/c1-19-18(20-11-4-5-16-13-22-23(2)14-16)21-12-10-15-6-8-17(24-3)9-7-15;/h6-9,13-14H,4-5,10-12H2,1-3H3,(H2,19,20,21);1H. The van der Waals surface area contributed by atoms with Gasteiger partial charge >= 0.3 is 0 Å². The minimum atomic E-state index is 0. The lowest BCUT2D eigenvalue weighted by Gasteiger charge is -2.11. The van der Waals surface area contributed by atoms with Crippen LogP contribution in [0.3, 0.4) is 0 Å². The summed E-state index contributed by atoms with van der Waals surface area (Å²) in [6.07, 6.45) is 6.98. The second-order valence-corrected chi connectivity index (χ2v) is 5.65. The highest BCUT2D eigenvalue weighted by molar-refractivity contribution is 14.0. The number of halogens is 1. The number of guanidine groups is 1. The van der Waals surface area contributed by atoms with Crippen LogP contribution in [0.2, 0.25) is 0 Å². The number of methoxy groups -OCH3 is 1. The second-order valence-electron chi connectivity index (χ2n) is 5.65. The van der Waals surface area contributed by atoms with Crippen LogP contribution in [-0.2, 0) is 19.9 Å². The molecule has 6 nitrogen and oxygen atoms in total. The maximum Gasteiger partial charge on any atom is 0.190 e. The summed E-state index contributed by atoms with van der Waals surface area (Å²) in [5, 5.41) is 10.9. The number of hydrogen-bond donors (Lipinski definition) is 2. The zero-order valence-corrected chi connectivity index (χ0v) is 17.5. The first-order chi connectivity index (χ1) is 11.7. The molecule has 25 heavy (non-hydrogen) atoms. The molecule has 0 saturated carbocycles. The molecular formula is C18H28IN5O. The van der Waals surface area contributed by atoms with Crippen molar-refractivity contribution < 1.29 is 4.74 Å². The van der Waals surface area contributed by atoms with E-state index in [9.17, 15) is 0 Å². The quantitative estimate of drug-likeness (QED) is 0.277. The maximum absolute atomic E-state index is 5.17. The smallest absolute Gasteiger partial charge is 0.190 e. The van der Waals surface area contributed by atoms with Gasteiger partial charge in [0.05, 0.1) is 13.3 Å². The summed E-state index contributed by atoms with van der Waals surface area (Å²) in [5.74, 6) is 1.73. The molecule has 0 bridgehead atoms. The van der Waals surface area contributed by atoms with E-state index in [-0.39, 0.29) is 24.0 Å². The number of ether oxygens (including phenoxy) is 1. The minimum Gasteiger partial charge on any atom is -0.497 e. The molecule has 1 heterocycles. The number of hydrogen-bond acceptors (Lipinski definition) is 3. The van der Waals surface area contributed by atoms with Crippen LogP contribution in [0.15, 0.2) is 41.7 Å². The summed E-state index contributed by atoms with van der Waals surface area (Å²) in [6, 6.07) is 8.15. The fourth-order valence-corrected chi connectivity index (χ4v) is 2.44. The molecule has 2 aromatic rings. The molecular weight excluding hydrogens is 429 g/mol. The van der Waals surface area contributed by atoms with Crippen LogP contribution in [0, 0.1) is 0 Å². The van der Waals surface area contributed by atoms with Crippen molar-refractivity contribution in [3.63, 3.8) is 0 Å². The van der Waals surface area contributed by atoms with Crippen LogP contribution >= 0.6 is 24.0 Å². The van der Waals surface area contributed by atoms with E-state index < -0.39 is 0 Å². The first-order valence-corrected chi connectivity index (χ1v) is 8.26. The molecule has 1 aromatic heterocycles. The van der Waals surface area contributed by atoms with Crippen molar-refractivity contribution in [1.82, 2.24) is 20.4 Å². The Morgan fingerprint density at radius 3 is 2.44 bits per heavy atom. The van der Waals surface area contributed by atoms with Gasteiger partial charge in [-0.2, -0.15) is 5.10 Å². The normalized spacial score (nSPS) is 10.9. The van der Waals surface area contributed by atoms with E-state index in [1.165, 1.54) is 11.1 Å². The van der Waals surface area contributed by atoms with Crippen molar-refractivity contribution in [2.24, 2.45) is 12.0 Å². The molecule has 2 rings (SSSR count). The molecule has 0 saturated heterocycles. The van der Waals surface area contributed by atoms with Gasteiger partial charge in [-0.3, -0.25) is 9.67 Å². The van der Waals surface area contributed by atoms with Gasteiger partial charge in [-0.25, -0.2) is 0 Å². The number of aromatic nitrogens is 2. The number of aryl methyl sites for hydroxylation is 2. The van der Waals surface area contributed by atoms with Crippen molar-refractivity contribution in [3.05, 3.63) is 47.8 Å². The Bertz CT molecular complexity index is 639. The number of nitrogens with one attached hydrogen (secondary N) is 2. The van der Waals surface area contributed by atoms with Gasteiger partial charge in [0.15, 0.2) is 5.96 Å². The van der Waals surface area contributed by atoms with E-state index in [2.05, 4.69) is 39.1 Å². The SMILES string of the molecule is CN=C(NCCCc1cnn(C)c1)NCCc1ccc(OC)cc1.I. The molecule has 138 valence electrons. The predicted octanol–water partition coefficient (Wildman–Crippen LogP) is 2.39. The van der Waals surface area contributed by atoms with Gasteiger partial charge in [0.1, 0.15) is 5.75 Å². The van der Waals surface area contributed by atoms with Gasteiger partial charge < -0.3 is 15.4 Å². The highest BCUT2D eigenvalue weighted by Gasteiger charge is 2.00. The van der Waals surface area contributed by atoms with E-state index in [1.54, 1.807) is 14.2 Å². The number of benzene rings is 1. The molecule has 7 heteroatoms. The van der Waals surface area contributed by atoms with Gasteiger partial charge in [0, 0.05) is 33.4 Å². The molecule has 0 radical (unpaired) electrons. The van der Waals surface area contributed by atoms with Crippen LogP contribution in [-0.4, -0.2) is 43.0 Å². The number of rotatable bonds is 8. The van der Waals surface area contributed by atoms with Crippen LogP contribution in [0.5, 0.6) is 5.75 Å². The Morgan fingerprint density at radius 1 is 1.12 bits per heavy atom. The van der Waals surface area contributed by atoms with Gasteiger partial charge in [-0.1, -0.05) is 12.1 Å². The fraction of sp³-hybridized carbons (Fsp3) is 0.444. The molecule has 1 aromatic carbocycles. The molecule has 2 N–H and O–H groups in total. The summed E-state index contributed by atoms with van der Waals surface area (Å²) in [7, 11) is 5.42. The molecule has 0 spiro atoms. The van der Waals surface area contributed by atoms with Gasteiger partial charge in [0.2, 0.25) is 0 Å². The van der Waals surface area contributed by atoms with Crippen LogP contribution < -0.4 is 15.4 Å². The van der Waals surface area contributed by atoms with E-state index >= 15 is 0 Å². The number of nitrogens with zero attached hydrogens (tertiary/aromatic N) is 3. The molecule has 0 aliphatic heterocycles. The van der Waals surface area contributed by atoms with Gasteiger partial charge in [-0.15, -0.1) is 24.0 Å². The molecule has 0 fully saturated rings. The summed E-state index contributed by atoms with van der Waals surface area (Å²) in [5.41, 5.74) is 2.54. The van der Waals surface area contributed by atoms with Crippen molar-refractivity contribution in [2.75, 3.05) is 27.2 Å². The van der Waals surface area contributed by atoms with E-state index in [1.807, 2.05) is 30.1 Å². The Morgan fingerprint density at radius 2 is 1.84 bits per heavy atom. The Hall–Kier alpha value is -1.77. The van der Waals surface area contributed by atoms with Crippen LogP contribution in [0.4, 0.5) is 0 Å². The summed E-state index contributed by atoms with van der Waals surface area (Å²) < 4.78 is 7.00. The largest absolute Gasteiger partial charge is 0.497 e. The third kappa shape index (κ3) is 7.76. The summed E-state index contributed by atoms with van der Waals surface area (Å²) in [6.45, 7) is 1.73. The van der Waals surface area contributed by atoms with Crippen molar-refractivity contribution in [3.8, 4) is 5.75 Å². The molecule has 0 unspecified atom stereocenters. The number of aliphatic imine (C=N–C) groups is 1. The average molecular weight is 457 g/mol. The first kappa shape index (κ1) is 21.3. The van der Waals surface area contributed by atoms with E-state index in [0.29, 0.717) is 0 Å². The monoisotopic (exact) mass is 457 g/mol. The lowest BCUT2D eigenvalue weighted by molar-refractivity contribution is 0.414. The zero-order chi connectivity index (χ0) is 17.2. The van der Waals surface area contributed by atoms with E-state index in [4.69, 9.17) is 4.74 Å². The first-order valence-electron chi connectivity index (χ1n) is 8.26. The molecule has 0 amide bonds.